The Bertz CT molecular complexity index is 613. The SMILES string of the molecule is O=C1N(OC(=O)C(F)(F)F)c2cscc2CN1C1CCNCC1. The fourth-order valence-electron chi connectivity index (χ4n) is 2.71. The summed E-state index contributed by atoms with van der Waals surface area (Å²) in [6.45, 7) is 1.77. The number of amides is 2. The van der Waals surface area contributed by atoms with Gasteiger partial charge >= 0.3 is 18.2 Å². The Hall–Kier alpha value is -1.81. The molecule has 1 aromatic rings. The summed E-state index contributed by atoms with van der Waals surface area (Å²) in [5.74, 6) is -2.41. The third-order valence-corrected chi connectivity index (χ3v) is 4.63. The second kappa shape index (κ2) is 6.00. The molecule has 0 radical (unpaired) electrons. The molecule has 6 nitrogen and oxygen atoms in total. The molecule has 0 saturated carbocycles. The minimum atomic E-state index is -5.16. The van der Waals surface area contributed by atoms with Crippen molar-refractivity contribution in [3.05, 3.63) is 16.3 Å². The smallest absolute Gasteiger partial charge is 0.323 e. The summed E-state index contributed by atoms with van der Waals surface area (Å²) in [4.78, 5) is 29.5. The van der Waals surface area contributed by atoms with E-state index >= 15 is 0 Å². The van der Waals surface area contributed by atoms with E-state index in [0.29, 0.717) is 30.0 Å². The lowest BCUT2D eigenvalue weighted by atomic mass is 10.0. The molecule has 2 aliphatic heterocycles. The van der Waals surface area contributed by atoms with Gasteiger partial charge in [-0.2, -0.15) is 13.2 Å². The highest BCUT2D eigenvalue weighted by atomic mass is 32.1. The monoisotopic (exact) mass is 349 g/mol. The number of carbonyl (C=O) groups is 2. The molecule has 1 aromatic heterocycles. The summed E-state index contributed by atoms with van der Waals surface area (Å²) in [5, 5.41) is 6.86. The molecule has 2 amide bonds. The van der Waals surface area contributed by atoms with Crippen molar-refractivity contribution in [2.45, 2.75) is 31.6 Å². The summed E-state index contributed by atoms with van der Waals surface area (Å²) in [6.07, 6.45) is -3.76. The van der Waals surface area contributed by atoms with Gasteiger partial charge in [0.1, 0.15) is 5.69 Å². The minimum Gasteiger partial charge on any atom is -0.323 e. The topological polar surface area (TPSA) is 61.9 Å². The lowest BCUT2D eigenvalue weighted by Gasteiger charge is -2.40. The molecule has 1 saturated heterocycles. The molecule has 3 rings (SSSR count). The van der Waals surface area contributed by atoms with Gasteiger partial charge in [0, 0.05) is 17.0 Å². The quantitative estimate of drug-likeness (QED) is 0.890. The van der Waals surface area contributed by atoms with Gasteiger partial charge in [-0.05, 0) is 31.3 Å². The van der Waals surface area contributed by atoms with Gasteiger partial charge in [-0.15, -0.1) is 16.4 Å². The van der Waals surface area contributed by atoms with Crippen molar-refractivity contribution in [3.63, 3.8) is 0 Å². The molecule has 23 heavy (non-hydrogen) atoms. The molecule has 1 N–H and O–H groups in total. The van der Waals surface area contributed by atoms with E-state index in [9.17, 15) is 22.8 Å². The van der Waals surface area contributed by atoms with Crippen molar-refractivity contribution in [3.8, 4) is 0 Å². The van der Waals surface area contributed by atoms with Gasteiger partial charge in [0.15, 0.2) is 0 Å². The highest BCUT2D eigenvalue weighted by Crippen LogP contribution is 2.35. The molecule has 0 aromatic carbocycles. The first-order valence-electron chi connectivity index (χ1n) is 7.03. The maximum atomic E-state index is 12.5. The number of carbonyl (C=O) groups excluding carboxylic acids is 2. The summed E-state index contributed by atoms with van der Waals surface area (Å²) in [5.41, 5.74) is 0.867. The number of hydroxylamine groups is 1. The molecule has 126 valence electrons. The molecule has 0 spiro atoms. The molecule has 0 aliphatic carbocycles. The van der Waals surface area contributed by atoms with Crippen LogP contribution in [0.2, 0.25) is 0 Å². The largest absolute Gasteiger partial charge is 0.493 e. The molecule has 2 aliphatic rings. The van der Waals surface area contributed by atoms with E-state index in [1.165, 1.54) is 21.6 Å². The second-order valence-corrected chi connectivity index (χ2v) is 6.09. The fourth-order valence-corrected chi connectivity index (χ4v) is 3.51. The van der Waals surface area contributed by atoms with Crippen LogP contribution in [0.25, 0.3) is 0 Å². The van der Waals surface area contributed by atoms with Gasteiger partial charge in [0.2, 0.25) is 0 Å². The molecule has 0 bridgehead atoms. The zero-order chi connectivity index (χ0) is 16.6. The maximum absolute atomic E-state index is 12.5. The predicted octanol–water partition coefficient (Wildman–Crippen LogP) is 2.26. The molecule has 0 atom stereocenters. The van der Waals surface area contributed by atoms with Gasteiger partial charge in [-0.1, -0.05) is 0 Å². The summed E-state index contributed by atoms with van der Waals surface area (Å²) < 4.78 is 37.4. The summed E-state index contributed by atoms with van der Waals surface area (Å²) >= 11 is 1.24. The molecule has 1 fully saturated rings. The van der Waals surface area contributed by atoms with Crippen molar-refractivity contribution in [1.29, 1.82) is 0 Å². The fraction of sp³-hybridized carbons (Fsp3) is 0.538. The van der Waals surface area contributed by atoms with Crippen molar-refractivity contribution in [2.24, 2.45) is 0 Å². The Labute approximate surface area is 133 Å². The van der Waals surface area contributed by atoms with Crippen LogP contribution in [-0.4, -0.2) is 42.2 Å². The maximum Gasteiger partial charge on any atom is 0.493 e. The third kappa shape index (κ3) is 3.13. The van der Waals surface area contributed by atoms with Crippen LogP contribution in [-0.2, 0) is 16.2 Å². The average Bonchev–Trinajstić information content (AvgIpc) is 2.97. The number of alkyl halides is 3. The van der Waals surface area contributed by atoms with Crippen molar-refractivity contribution in [1.82, 2.24) is 10.2 Å². The van der Waals surface area contributed by atoms with E-state index in [0.717, 1.165) is 13.1 Å². The summed E-state index contributed by atoms with van der Waals surface area (Å²) in [6, 6.07) is -0.829. The number of halogens is 3. The molecular weight excluding hydrogens is 335 g/mol. The van der Waals surface area contributed by atoms with Crippen LogP contribution in [0.4, 0.5) is 23.7 Å². The highest BCUT2D eigenvalue weighted by molar-refractivity contribution is 7.08. The van der Waals surface area contributed by atoms with Gasteiger partial charge in [-0.3, -0.25) is 0 Å². The minimum absolute atomic E-state index is 0.0936. The predicted molar refractivity (Wildman–Crippen MR) is 75.8 cm³/mol. The lowest BCUT2D eigenvalue weighted by Crippen LogP contribution is -2.54. The van der Waals surface area contributed by atoms with Crippen LogP contribution in [0.15, 0.2) is 10.8 Å². The molecule has 0 unspecified atom stereocenters. The number of urea groups is 1. The number of nitrogens with one attached hydrogen (secondary N) is 1. The van der Waals surface area contributed by atoms with E-state index < -0.39 is 18.2 Å². The van der Waals surface area contributed by atoms with Crippen LogP contribution in [0.5, 0.6) is 0 Å². The zero-order valence-corrected chi connectivity index (χ0v) is 12.7. The van der Waals surface area contributed by atoms with E-state index in [2.05, 4.69) is 10.2 Å². The first kappa shape index (κ1) is 16.1. The first-order valence-corrected chi connectivity index (χ1v) is 7.98. The number of thiophene rings is 1. The van der Waals surface area contributed by atoms with Crippen LogP contribution in [0.3, 0.4) is 0 Å². The number of hydrogen-bond donors (Lipinski definition) is 1. The number of fused-ring (bicyclic) bond motifs is 1. The molecular formula is C13H14F3N3O3S. The standard InChI is InChI=1S/C13H14F3N3O3S/c14-13(15,16)11(20)22-19-10-7-23-6-8(10)5-18(12(19)21)9-1-3-17-4-2-9/h6-7,9,17H,1-5H2. The first-order chi connectivity index (χ1) is 10.9. The van der Waals surface area contributed by atoms with Crippen molar-refractivity contribution < 1.29 is 27.6 Å². The third-order valence-electron chi connectivity index (χ3n) is 3.85. The number of rotatable bonds is 2. The van der Waals surface area contributed by atoms with Crippen molar-refractivity contribution in [2.75, 3.05) is 18.2 Å². The number of nitrogens with zero attached hydrogens (tertiary/aromatic N) is 2. The van der Waals surface area contributed by atoms with E-state index in [1.807, 2.05) is 0 Å². The van der Waals surface area contributed by atoms with Gasteiger partial charge in [0.25, 0.3) is 0 Å². The Morgan fingerprint density at radius 3 is 2.65 bits per heavy atom. The van der Waals surface area contributed by atoms with E-state index in [1.54, 1.807) is 5.38 Å². The Morgan fingerprint density at radius 2 is 2.00 bits per heavy atom. The van der Waals surface area contributed by atoms with Crippen molar-refractivity contribution >= 4 is 29.0 Å². The van der Waals surface area contributed by atoms with Gasteiger partial charge in [-0.25, -0.2) is 9.59 Å². The van der Waals surface area contributed by atoms with Crippen LogP contribution < -0.4 is 10.4 Å². The van der Waals surface area contributed by atoms with Crippen LogP contribution in [0.1, 0.15) is 18.4 Å². The molecule has 3 heterocycles. The van der Waals surface area contributed by atoms with Crippen LogP contribution in [0, 0.1) is 0 Å². The Balaban J connectivity index is 1.85. The van der Waals surface area contributed by atoms with Crippen LogP contribution >= 0.6 is 11.3 Å². The van der Waals surface area contributed by atoms with Gasteiger partial charge in [0.05, 0.1) is 6.54 Å². The normalized spacial score (nSPS) is 19.7. The number of anilines is 1. The lowest BCUT2D eigenvalue weighted by molar-refractivity contribution is -0.200. The molecule has 10 heteroatoms. The second-order valence-electron chi connectivity index (χ2n) is 5.34. The zero-order valence-electron chi connectivity index (χ0n) is 11.9. The number of hydrogen-bond acceptors (Lipinski definition) is 5. The van der Waals surface area contributed by atoms with E-state index in [4.69, 9.17) is 0 Å². The van der Waals surface area contributed by atoms with E-state index in [-0.39, 0.29) is 11.7 Å². The highest BCUT2D eigenvalue weighted by Gasteiger charge is 2.46. The Kier molecular flexibility index (Phi) is 4.19. The average molecular weight is 349 g/mol. The number of piperidine rings is 1. The Morgan fingerprint density at radius 1 is 1.30 bits per heavy atom. The van der Waals surface area contributed by atoms with Gasteiger partial charge < -0.3 is 15.1 Å². The summed E-state index contributed by atoms with van der Waals surface area (Å²) in [7, 11) is 0.